The summed E-state index contributed by atoms with van der Waals surface area (Å²) in [4.78, 5) is 28.4. The molecule has 0 radical (unpaired) electrons. The molecule has 1 aromatic heterocycles. The molecule has 0 unspecified atom stereocenters. The Balaban J connectivity index is 1.54. The van der Waals surface area contributed by atoms with Gasteiger partial charge < -0.3 is 10.6 Å². The molecule has 5 nitrogen and oxygen atoms in total. The number of aromatic nitrogens is 1. The molecule has 0 saturated heterocycles. The second kappa shape index (κ2) is 9.17. The smallest absolute Gasteiger partial charge is 0.228 e. The lowest BCUT2D eigenvalue weighted by Gasteiger charge is -2.06. The number of amides is 2. The summed E-state index contributed by atoms with van der Waals surface area (Å²) in [5, 5.41) is 7.04. The Labute approximate surface area is 173 Å². The third-order valence-electron chi connectivity index (χ3n) is 4.25. The summed E-state index contributed by atoms with van der Waals surface area (Å²) in [5.41, 5.74) is 2.93. The van der Waals surface area contributed by atoms with Crippen LogP contribution in [0, 0.1) is 5.92 Å². The zero-order valence-corrected chi connectivity index (χ0v) is 17.4. The molecule has 0 atom stereocenters. The van der Waals surface area contributed by atoms with Gasteiger partial charge in [0, 0.05) is 23.9 Å². The van der Waals surface area contributed by atoms with E-state index in [1.165, 1.54) is 11.3 Å². The second-order valence-electron chi connectivity index (χ2n) is 6.87. The SMILES string of the molecule is CC(C)C(=O)Nc1nc2ccc(CCC(=O)NCc3ccc(Cl)cc3)cc2s1. The van der Waals surface area contributed by atoms with E-state index in [-0.39, 0.29) is 17.7 Å². The molecular formula is C21H22ClN3O2S. The highest BCUT2D eigenvalue weighted by atomic mass is 35.5. The molecule has 0 aliphatic carbocycles. The molecule has 3 aromatic rings. The van der Waals surface area contributed by atoms with E-state index < -0.39 is 0 Å². The summed E-state index contributed by atoms with van der Waals surface area (Å²) < 4.78 is 0.998. The topological polar surface area (TPSA) is 71.1 Å². The molecule has 0 spiro atoms. The van der Waals surface area contributed by atoms with Crippen molar-refractivity contribution in [2.75, 3.05) is 5.32 Å². The molecule has 3 rings (SSSR count). The minimum absolute atomic E-state index is 0.00392. The van der Waals surface area contributed by atoms with Gasteiger partial charge in [0.25, 0.3) is 0 Å². The van der Waals surface area contributed by atoms with Crippen LogP contribution < -0.4 is 10.6 Å². The Bertz CT molecular complexity index is 983. The summed E-state index contributed by atoms with van der Waals surface area (Å²) >= 11 is 7.31. The number of nitrogens with zero attached hydrogens (tertiary/aromatic N) is 1. The van der Waals surface area contributed by atoms with Crippen LogP contribution in [-0.2, 0) is 22.6 Å². The van der Waals surface area contributed by atoms with Crippen molar-refractivity contribution in [3.05, 3.63) is 58.6 Å². The number of rotatable bonds is 7. The molecule has 0 aliphatic heterocycles. The van der Waals surface area contributed by atoms with Crippen LogP contribution in [-0.4, -0.2) is 16.8 Å². The van der Waals surface area contributed by atoms with Gasteiger partial charge in [0.2, 0.25) is 11.8 Å². The van der Waals surface area contributed by atoms with Gasteiger partial charge in [-0.3, -0.25) is 9.59 Å². The molecular weight excluding hydrogens is 394 g/mol. The van der Waals surface area contributed by atoms with Gasteiger partial charge in [-0.25, -0.2) is 4.98 Å². The van der Waals surface area contributed by atoms with Crippen molar-refractivity contribution in [2.24, 2.45) is 5.92 Å². The maximum atomic E-state index is 12.1. The summed E-state index contributed by atoms with van der Waals surface area (Å²) in [6.07, 6.45) is 1.06. The standard InChI is InChI=1S/C21H22ClN3O2S/c1-13(2)20(27)25-21-24-17-9-5-14(11-18(17)28-21)6-10-19(26)23-12-15-3-7-16(22)8-4-15/h3-5,7-9,11,13H,6,10,12H2,1-2H3,(H,23,26)(H,24,25,27). The largest absolute Gasteiger partial charge is 0.352 e. The maximum Gasteiger partial charge on any atom is 0.228 e. The number of hydrogen-bond acceptors (Lipinski definition) is 4. The number of fused-ring (bicyclic) bond motifs is 1. The lowest BCUT2D eigenvalue weighted by molar-refractivity contribution is -0.121. The number of carbonyl (C=O) groups excluding carboxylic acids is 2. The molecule has 28 heavy (non-hydrogen) atoms. The molecule has 1 heterocycles. The first-order valence-corrected chi connectivity index (χ1v) is 10.3. The molecule has 0 aliphatic rings. The number of anilines is 1. The monoisotopic (exact) mass is 415 g/mol. The minimum atomic E-state index is -0.0889. The van der Waals surface area contributed by atoms with Gasteiger partial charge in [-0.1, -0.05) is 55.0 Å². The third kappa shape index (κ3) is 5.53. The molecule has 0 bridgehead atoms. The van der Waals surface area contributed by atoms with E-state index in [9.17, 15) is 9.59 Å². The highest BCUT2D eigenvalue weighted by molar-refractivity contribution is 7.22. The number of aryl methyl sites for hydroxylation is 1. The van der Waals surface area contributed by atoms with Crippen LogP contribution in [0.1, 0.15) is 31.4 Å². The van der Waals surface area contributed by atoms with Gasteiger partial charge in [0.05, 0.1) is 10.2 Å². The Hall–Kier alpha value is -2.44. The van der Waals surface area contributed by atoms with E-state index >= 15 is 0 Å². The van der Waals surface area contributed by atoms with Crippen LogP contribution in [0.25, 0.3) is 10.2 Å². The Morgan fingerprint density at radius 2 is 1.82 bits per heavy atom. The normalized spacial score (nSPS) is 11.0. The van der Waals surface area contributed by atoms with Gasteiger partial charge in [-0.15, -0.1) is 0 Å². The van der Waals surface area contributed by atoms with Crippen LogP contribution >= 0.6 is 22.9 Å². The van der Waals surface area contributed by atoms with E-state index in [1.54, 1.807) is 0 Å². The van der Waals surface area contributed by atoms with Crippen LogP contribution in [0.5, 0.6) is 0 Å². The summed E-state index contributed by atoms with van der Waals surface area (Å²) in [7, 11) is 0. The van der Waals surface area contributed by atoms with Crippen molar-refractivity contribution in [3.63, 3.8) is 0 Å². The Kier molecular flexibility index (Phi) is 6.65. The predicted octanol–water partition coefficient (Wildman–Crippen LogP) is 4.79. The molecule has 0 saturated carbocycles. The van der Waals surface area contributed by atoms with E-state index in [1.807, 2.05) is 56.3 Å². The quantitative estimate of drug-likeness (QED) is 0.582. The average Bonchev–Trinajstić information content (AvgIpc) is 3.07. The molecule has 146 valence electrons. The van der Waals surface area contributed by atoms with Crippen LogP contribution in [0.15, 0.2) is 42.5 Å². The van der Waals surface area contributed by atoms with E-state index in [2.05, 4.69) is 15.6 Å². The predicted molar refractivity (Wildman–Crippen MR) is 115 cm³/mol. The lowest BCUT2D eigenvalue weighted by atomic mass is 10.1. The number of nitrogens with one attached hydrogen (secondary N) is 2. The number of thiazole rings is 1. The number of halogens is 1. The maximum absolute atomic E-state index is 12.1. The average molecular weight is 416 g/mol. The number of carbonyl (C=O) groups is 2. The van der Waals surface area contributed by atoms with Gasteiger partial charge >= 0.3 is 0 Å². The van der Waals surface area contributed by atoms with Gasteiger partial charge in [-0.05, 0) is 41.8 Å². The van der Waals surface area contributed by atoms with Crippen molar-refractivity contribution in [3.8, 4) is 0 Å². The fourth-order valence-corrected chi connectivity index (χ4v) is 3.64. The zero-order chi connectivity index (χ0) is 20.1. The van der Waals surface area contributed by atoms with Crippen molar-refractivity contribution in [1.82, 2.24) is 10.3 Å². The summed E-state index contributed by atoms with van der Waals surface area (Å²) in [5.74, 6) is -0.130. The van der Waals surface area contributed by atoms with Crippen molar-refractivity contribution < 1.29 is 9.59 Å². The first-order chi connectivity index (χ1) is 13.4. The molecule has 7 heteroatoms. The highest BCUT2D eigenvalue weighted by Crippen LogP contribution is 2.27. The van der Waals surface area contributed by atoms with Gasteiger partial charge in [0.15, 0.2) is 5.13 Å². The van der Waals surface area contributed by atoms with Crippen LogP contribution in [0.2, 0.25) is 5.02 Å². The van der Waals surface area contributed by atoms with Gasteiger partial charge in [0.1, 0.15) is 0 Å². The van der Waals surface area contributed by atoms with E-state index in [4.69, 9.17) is 11.6 Å². The van der Waals surface area contributed by atoms with Crippen LogP contribution in [0.3, 0.4) is 0 Å². The van der Waals surface area contributed by atoms with Crippen molar-refractivity contribution in [1.29, 1.82) is 0 Å². The highest BCUT2D eigenvalue weighted by Gasteiger charge is 2.11. The number of hydrogen-bond donors (Lipinski definition) is 2. The van der Waals surface area contributed by atoms with Crippen molar-refractivity contribution >= 4 is 50.1 Å². The molecule has 2 amide bonds. The fourth-order valence-electron chi connectivity index (χ4n) is 2.58. The fraction of sp³-hybridized carbons (Fsp3) is 0.286. The molecule has 2 N–H and O–H groups in total. The zero-order valence-electron chi connectivity index (χ0n) is 15.8. The van der Waals surface area contributed by atoms with E-state index in [0.29, 0.717) is 29.5 Å². The summed E-state index contributed by atoms with van der Waals surface area (Å²) in [6.45, 7) is 4.18. The minimum Gasteiger partial charge on any atom is -0.352 e. The first-order valence-electron chi connectivity index (χ1n) is 9.12. The first kappa shape index (κ1) is 20.3. The third-order valence-corrected chi connectivity index (χ3v) is 5.44. The second-order valence-corrected chi connectivity index (χ2v) is 8.34. The Morgan fingerprint density at radius 1 is 1.11 bits per heavy atom. The summed E-state index contributed by atoms with van der Waals surface area (Å²) in [6, 6.07) is 13.4. The van der Waals surface area contributed by atoms with Crippen molar-refractivity contribution in [2.45, 2.75) is 33.2 Å². The Morgan fingerprint density at radius 3 is 2.54 bits per heavy atom. The van der Waals surface area contributed by atoms with Crippen LogP contribution in [0.4, 0.5) is 5.13 Å². The van der Waals surface area contributed by atoms with Gasteiger partial charge in [-0.2, -0.15) is 0 Å². The van der Waals surface area contributed by atoms with E-state index in [0.717, 1.165) is 21.3 Å². The molecule has 2 aromatic carbocycles. The number of benzene rings is 2. The molecule has 0 fully saturated rings. The lowest BCUT2D eigenvalue weighted by Crippen LogP contribution is -2.22.